The van der Waals surface area contributed by atoms with E-state index in [2.05, 4.69) is 36.9 Å². The number of hydrogen-bond acceptors (Lipinski definition) is 7. The zero-order valence-corrected chi connectivity index (χ0v) is 20.3. The van der Waals surface area contributed by atoms with Crippen molar-refractivity contribution in [2.24, 2.45) is 5.41 Å². The minimum atomic E-state index is -0.891. The van der Waals surface area contributed by atoms with Gasteiger partial charge in [0.1, 0.15) is 23.9 Å². The number of nitrogens with two attached hydrogens (primary N) is 1. The number of halogens is 1. The van der Waals surface area contributed by atoms with E-state index in [0.29, 0.717) is 18.8 Å². The Kier molecular flexibility index (Phi) is 5.14. The zero-order chi connectivity index (χ0) is 23.6. The molecule has 6 rings (SSSR count). The molecule has 2 fully saturated rings. The molecule has 1 aromatic carbocycles. The topological polar surface area (TPSA) is 119 Å². The van der Waals surface area contributed by atoms with Crippen LogP contribution in [0.2, 0.25) is 0 Å². The molecule has 176 valence electrons. The van der Waals surface area contributed by atoms with Crippen LogP contribution in [0, 0.1) is 12.3 Å². The fraction of sp³-hybridized carbons (Fsp3) is 0.400. The van der Waals surface area contributed by atoms with Gasteiger partial charge in [0.05, 0.1) is 40.5 Å². The molecule has 0 bridgehead atoms. The predicted octanol–water partition coefficient (Wildman–Crippen LogP) is 3.84. The van der Waals surface area contributed by atoms with Crippen LogP contribution < -0.4 is 5.73 Å². The lowest BCUT2D eigenvalue weighted by molar-refractivity contribution is -0.120. The van der Waals surface area contributed by atoms with E-state index in [9.17, 15) is 10.2 Å². The van der Waals surface area contributed by atoms with Crippen molar-refractivity contribution in [3.8, 4) is 0 Å². The number of nitrogens with zero attached hydrogens (tertiary/aromatic N) is 4. The normalized spacial score (nSPS) is 29.4. The molecule has 34 heavy (non-hydrogen) atoms. The van der Waals surface area contributed by atoms with Crippen LogP contribution in [0.15, 0.2) is 47.3 Å². The molecule has 1 saturated carbocycles. The van der Waals surface area contributed by atoms with Crippen LogP contribution in [0.1, 0.15) is 42.7 Å². The van der Waals surface area contributed by atoms with Gasteiger partial charge in [-0.3, -0.25) is 0 Å². The van der Waals surface area contributed by atoms with E-state index >= 15 is 0 Å². The Balaban J connectivity index is 1.24. The molecule has 0 unspecified atom stereocenters. The molecule has 1 saturated heterocycles. The molecule has 4 heterocycles. The Morgan fingerprint density at radius 2 is 2.06 bits per heavy atom. The first-order chi connectivity index (χ1) is 16.4. The first kappa shape index (κ1) is 21.9. The third-order valence-corrected chi connectivity index (χ3v) is 8.33. The van der Waals surface area contributed by atoms with Crippen molar-refractivity contribution < 1.29 is 14.9 Å². The summed E-state index contributed by atoms with van der Waals surface area (Å²) in [5, 5.41) is 24.1. The maximum Gasteiger partial charge on any atom is 0.143 e. The number of aliphatic hydroxyl groups excluding tert-OH is 2. The second kappa shape index (κ2) is 7.98. The highest BCUT2D eigenvalue weighted by Gasteiger charge is 2.55. The molecule has 4 N–H and O–H groups in total. The van der Waals surface area contributed by atoms with Gasteiger partial charge in [-0.15, -0.1) is 0 Å². The van der Waals surface area contributed by atoms with E-state index in [-0.39, 0.29) is 12.1 Å². The number of ether oxygens (including phenoxy) is 1. The van der Waals surface area contributed by atoms with Gasteiger partial charge in [-0.1, -0.05) is 12.1 Å². The summed E-state index contributed by atoms with van der Waals surface area (Å²) in [7, 11) is 0. The summed E-state index contributed by atoms with van der Waals surface area (Å²) >= 11 is 3.43. The molecule has 9 heteroatoms. The van der Waals surface area contributed by atoms with Crippen molar-refractivity contribution in [3.63, 3.8) is 0 Å². The van der Waals surface area contributed by atoms with Crippen molar-refractivity contribution in [3.05, 3.63) is 58.6 Å². The van der Waals surface area contributed by atoms with Crippen LogP contribution in [0.25, 0.3) is 21.9 Å². The van der Waals surface area contributed by atoms with E-state index in [1.165, 1.54) is 0 Å². The van der Waals surface area contributed by atoms with Gasteiger partial charge in [0.25, 0.3) is 0 Å². The summed E-state index contributed by atoms with van der Waals surface area (Å²) in [6, 6.07) is 9.78. The number of pyridine rings is 1. The maximum absolute atomic E-state index is 11.1. The highest BCUT2D eigenvalue weighted by Crippen LogP contribution is 2.52. The van der Waals surface area contributed by atoms with Crippen molar-refractivity contribution >= 4 is 43.7 Å². The van der Waals surface area contributed by atoms with Gasteiger partial charge in [0.15, 0.2) is 0 Å². The van der Waals surface area contributed by atoms with Crippen LogP contribution in [-0.2, 0) is 4.74 Å². The van der Waals surface area contributed by atoms with Crippen LogP contribution >= 0.6 is 15.9 Å². The quantitative estimate of drug-likeness (QED) is 0.365. The molecule has 1 spiro atoms. The Morgan fingerprint density at radius 3 is 2.85 bits per heavy atom. The minimum Gasteiger partial charge on any atom is -0.390 e. The molecule has 8 nitrogen and oxygen atoms in total. The molecule has 1 aliphatic heterocycles. The standard InChI is InChI=1S/C25H26BrN5O3/c1-13-16-5-7-31(24(16)29-12-28-13)19-10-25(22(33)21(19)32)6-4-20(34-11-25)15-3-2-14-8-17(26)23(27)30-18(14)9-15/h2-3,5,7-9,12,19-22,32-33H,4,6,10-11H2,1H3,(H2,27,30)/t19-,20+,21+,22+,25+/m1/s1. The summed E-state index contributed by atoms with van der Waals surface area (Å²) < 4.78 is 9.09. The van der Waals surface area contributed by atoms with Crippen LogP contribution in [0.3, 0.4) is 0 Å². The predicted molar refractivity (Wildman–Crippen MR) is 132 cm³/mol. The third kappa shape index (κ3) is 3.33. The summed E-state index contributed by atoms with van der Waals surface area (Å²) in [6.07, 6.45) is 3.76. The van der Waals surface area contributed by atoms with Gasteiger partial charge in [-0.05, 0) is 65.9 Å². The van der Waals surface area contributed by atoms with Gasteiger partial charge >= 0.3 is 0 Å². The lowest BCUT2D eigenvalue weighted by Crippen LogP contribution is -2.42. The lowest BCUT2D eigenvalue weighted by atomic mass is 9.76. The second-order valence-corrected chi connectivity index (χ2v) is 10.5. The second-order valence-electron chi connectivity index (χ2n) is 9.63. The Bertz CT molecular complexity index is 1400. The number of anilines is 1. The highest BCUT2D eigenvalue weighted by atomic mass is 79.9. The van der Waals surface area contributed by atoms with E-state index in [4.69, 9.17) is 10.5 Å². The molecule has 0 radical (unpaired) electrons. The molecule has 2 aliphatic rings. The van der Waals surface area contributed by atoms with Gasteiger partial charge < -0.3 is 25.3 Å². The van der Waals surface area contributed by atoms with Gasteiger partial charge in [0, 0.05) is 22.4 Å². The Hall–Kier alpha value is -2.59. The van der Waals surface area contributed by atoms with Crippen LogP contribution in [-0.4, -0.2) is 48.5 Å². The lowest BCUT2D eigenvalue weighted by Gasteiger charge is -2.40. The molecular weight excluding hydrogens is 498 g/mol. The van der Waals surface area contributed by atoms with Crippen molar-refractivity contribution in [1.29, 1.82) is 0 Å². The number of benzene rings is 1. The summed E-state index contributed by atoms with van der Waals surface area (Å²) in [4.78, 5) is 13.2. The average molecular weight is 524 g/mol. The zero-order valence-electron chi connectivity index (χ0n) is 18.7. The van der Waals surface area contributed by atoms with Crippen molar-refractivity contribution in [2.45, 2.75) is 50.5 Å². The Labute approximate surface area is 204 Å². The average Bonchev–Trinajstić information content (AvgIpc) is 3.36. The summed E-state index contributed by atoms with van der Waals surface area (Å²) in [6.45, 7) is 2.33. The Morgan fingerprint density at radius 1 is 1.21 bits per heavy atom. The van der Waals surface area contributed by atoms with Crippen LogP contribution in [0.4, 0.5) is 5.82 Å². The fourth-order valence-corrected chi connectivity index (χ4v) is 6.07. The SMILES string of the molecule is Cc1ncnc2c1ccn2[C@@H]1C[C@]2(CC[C@@H](c3ccc4cc(Br)c(N)nc4c3)OC2)[C@@H](O)[C@H]1O. The number of rotatable bonds is 2. The number of nitrogen functional groups attached to an aromatic ring is 1. The summed E-state index contributed by atoms with van der Waals surface area (Å²) in [5.74, 6) is 0.459. The van der Waals surface area contributed by atoms with E-state index in [0.717, 1.165) is 50.5 Å². The number of fused-ring (bicyclic) bond motifs is 2. The fourth-order valence-electron chi connectivity index (χ4n) is 5.73. The molecular formula is C25H26BrN5O3. The first-order valence-corrected chi connectivity index (χ1v) is 12.3. The van der Waals surface area contributed by atoms with Gasteiger partial charge in [-0.2, -0.15) is 0 Å². The van der Waals surface area contributed by atoms with E-state index < -0.39 is 17.6 Å². The third-order valence-electron chi connectivity index (χ3n) is 7.70. The van der Waals surface area contributed by atoms with Gasteiger partial charge in [-0.25, -0.2) is 15.0 Å². The van der Waals surface area contributed by atoms with Crippen LogP contribution in [0.5, 0.6) is 0 Å². The molecule has 0 amide bonds. The van der Waals surface area contributed by atoms with E-state index in [1.807, 2.05) is 42.0 Å². The smallest absolute Gasteiger partial charge is 0.143 e. The number of aryl methyl sites for hydroxylation is 1. The molecule has 5 atom stereocenters. The molecule has 1 aliphatic carbocycles. The molecule has 3 aromatic heterocycles. The molecule has 4 aromatic rings. The monoisotopic (exact) mass is 523 g/mol. The largest absolute Gasteiger partial charge is 0.390 e. The first-order valence-electron chi connectivity index (χ1n) is 11.5. The van der Waals surface area contributed by atoms with Crippen molar-refractivity contribution in [2.75, 3.05) is 12.3 Å². The number of aromatic nitrogens is 4. The number of hydrogen-bond donors (Lipinski definition) is 3. The summed E-state index contributed by atoms with van der Waals surface area (Å²) in [5.41, 5.74) is 9.03. The van der Waals surface area contributed by atoms with Gasteiger partial charge in [0.2, 0.25) is 0 Å². The number of aliphatic hydroxyl groups is 2. The van der Waals surface area contributed by atoms with E-state index in [1.54, 1.807) is 6.33 Å². The van der Waals surface area contributed by atoms with Crippen molar-refractivity contribution in [1.82, 2.24) is 19.5 Å². The maximum atomic E-state index is 11.1. The highest BCUT2D eigenvalue weighted by molar-refractivity contribution is 9.10. The minimum absolute atomic E-state index is 0.0899.